The van der Waals surface area contributed by atoms with E-state index in [9.17, 15) is 0 Å². The molecular weight excluding hydrogens is 302 g/mol. The molecule has 1 atom stereocenters. The van der Waals surface area contributed by atoms with Crippen molar-refractivity contribution in [3.63, 3.8) is 0 Å². The lowest BCUT2D eigenvalue weighted by Crippen LogP contribution is -2.14. The number of rotatable bonds is 3. The van der Waals surface area contributed by atoms with Crippen LogP contribution >= 0.6 is 15.9 Å². The van der Waals surface area contributed by atoms with Gasteiger partial charge in [0.1, 0.15) is 0 Å². The van der Waals surface area contributed by atoms with Gasteiger partial charge in [-0.2, -0.15) is 0 Å². The second-order valence-electron chi connectivity index (χ2n) is 4.78. The first kappa shape index (κ1) is 14.2. The van der Waals surface area contributed by atoms with Crippen LogP contribution in [0.1, 0.15) is 29.8 Å². The molecule has 4 heteroatoms. The molecule has 2 aromatic rings. The lowest BCUT2D eigenvalue weighted by atomic mass is 9.98. The summed E-state index contributed by atoms with van der Waals surface area (Å²) in [7, 11) is 0. The molecule has 3 nitrogen and oxygen atoms in total. The van der Waals surface area contributed by atoms with Gasteiger partial charge in [0.05, 0.1) is 0 Å². The van der Waals surface area contributed by atoms with Gasteiger partial charge in [0.25, 0.3) is 0 Å². The number of nitrogens with two attached hydrogens (primary N) is 1. The number of nitrogens with zero attached hydrogens (tertiary/aromatic N) is 2. The maximum atomic E-state index is 5.75. The van der Waals surface area contributed by atoms with Crippen molar-refractivity contribution < 1.29 is 0 Å². The third kappa shape index (κ3) is 3.01. The van der Waals surface area contributed by atoms with E-state index < -0.39 is 0 Å². The van der Waals surface area contributed by atoms with Crippen LogP contribution in [0.3, 0.4) is 0 Å². The molecule has 19 heavy (non-hydrogen) atoms. The summed E-state index contributed by atoms with van der Waals surface area (Å²) >= 11 is 3.47. The summed E-state index contributed by atoms with van der Waals surface area (Å²) in [6, 6.07) is 8.03. The Hall–Kier alpha value is -1.26. The highest BCUT2D eigenvalue weighted by atomic mass is 79.9. The summed E-state index contributed by atoms with van der Waals surface area (Å²) in [4.78, 5) is 9.25. The van der Waals surface area contributed by atoms with Gasteiger partial charge in [-0.15, -0.1) is 0 Å². The minimum atomic E-state index is 0.288. The van der Waals surface area contributed by atoms with Crippen LogP contribution in [0.5, 0.6) is 0 Å². The molecule has 0 amide bonds. The van der Waals surface area contributed by atoms with Crippen LogP contribution in [-0.4, -0.2) is 16.5 Å². The Kier molecular flexibility index (Phi) is 4.32. The second-order valence-corrected chi connectivity index (χ2v) is 5.69. The Morgan fingerprint density at radius 2 is 1.84 bits per heavy atom. The van der Waals surface area contributed by atoms with Crippen molar-refractivity contribution in [1.29, 1.82) is 0 Å². The number of aromatic nitrogens is 2. The van der Waals surface area contributed by atoms with Crippen molar-refractivity contribution in [2.24, 2.45) is 5.73 Å². The highest BCUT2D eigenvalue weighted by molar-refractivity contribution is 9.10. The summed E-state index contributed by atoms with van der Waals surface area (Å²) in [6.45, 7) is 6.77. The van der Waals surface area contributed by atoms with Crippen LogP contribution in [0, 0.1) is 13.8 Å². The quantitative estimate of drug-likeness (QED) is 0.940. The Morgan fingerprint density at radius 1 is 1.21 bits per heavy atom. The average molecular weight is 320 g/mol. The van der Waals surface area contributed by atoms with E-state index in [1.54, 1.807) is 0 Å². The molecule has 0 spiro atoms. The molecule has 0 fully saturated rings. The minimum Gasteiger partial charge on any atom is -0.330 e. The smallest absolute Gasteiger partial charge is 0.159 e. The van der Waals surface area contributed by atoms with Gasteiger partial charge in [-0.25, -0.2) is 9.97 Å². The first-order chi connectivity index (χ1) is 9.02. The molecule has 2 N–H and O–H groups in total. The van der Waals surface area contributed by atoms with E-state index in [1.807, 2.05) is 38.1 Å². The number of hydrogen-bond donors (Lipinski definition) is 1. The van der Waals surface area contributed by atoms with Crippen molar-refractivity contribution >= 4 is 15.9 Å². The molecule has 0 aliphatic carbocycles. The van der Waals surface area contributed by atoms with Crippen molar-refractivity contribution in [3.8, 4) is 11.4 Å². The van der Waals surface area contributed by atoms with Gasteiger partial charge in [0.15, 0.2) is 5.82 Å². The minimum absolute atomic E-state index is 0.288. The molecule has 1 aromatic heterocycles. The van der Waals surface area contributed by atoms with E-state index in [2.05, 4.69) is 32.8 Å². The molecule has 0 saturated heterocycles. The van der Waals surface area contributed by atoms with Gasteiger partial charge in [-0.1, -0.05) is 35.0 Å². The van der Waals surface area contributed by atoms with Crippen molar-refractivity contribution in [3.05, 3.63) is 45.7 Å². The van der Waals surface area contributed by atoms with Gasteiger partial charge in [0.2, 0.25) is 0 Å². The summed E-state index contributed by atoms with van der Waals surface area (Å²) < 4.78 is 1.03. The van der Waals surface area contributed by atoms with Crippen molar-refractivity contribution in [2.75, 3.05) is 6.54 Å². The lowest BCUT2D eigenvalue weighted by Gasteiger charge is -2.15. The van der Waals surface area contributed by atoms with Crippen LogP contribution in [0.15, 0.2) is 28.7 Å². The zero-order valence-corrected chi connectivity index (χ0v) is 13.0. The van der Waals surface area contributed by atoms with Crippen LogP contribution in [0.2, 0.25) is 0 Å². The van der Waals surface area contributed by atoms with Crippen LogP contribution in [0.4, 0.5) is 0 Å². The average Bonchev–Trinajstić information content (AvgIpc) is 2.37. The predicted octanol–water partition coefficient (Wildman–Crippen LogP) is 3.59. The summed E-state index contributed by atoms with van der Waals surface area (Å²) in [5, 5.41) is 0. The van der Waals surface area contributed by atoms with Crippen LogP contribution in [-0.2, 0) is 0 Å². The molecule has 0 aliphatic rings. The molecule has 0 saturated carbocycles. The zero-order chi connectivity index (χ0) is 14.0. The second kappa shape index (κ2) is 5.80. The highest BCUT2D eigenvalue weighted by Crippen LogP contribution is 2.25. The van der Waals surface area contributed by atoms with E-state index in [4.69, 9.17) is 5.73 Å². The van der Waals surface area contributed by atoms with E-state index in [-0.39, 0.29) is 5.92 Å². The van der Waals surface area contributed by atoms with E-state index in [0.717, 1.165) is 27.2 Å². The van der Waals surface area contributed by atoms with Gasteiger partial charge in [0, 0.05) is 21.4 Å². The lowest BCUT2D eigenvalue weighted by molar-refractivity contribution is 0.744. The summed E-state index contributed by atoms with van der Waals surface area (Å²) in [6.07, 6.45) is 0. The molecular formula is C15H18BrN3. The molecule has 1 aromatic carbocycles. The number of halogens is 1. The maximum absolute atomic E-state index is 5.75. The highest BCUT2D eigenvalue weighted by Gasteiger charge is 2.14. The monoisotopic (exact) mass is 319 g/mol. The molecule has 2 rings (SSSR count). The molecule has 1 unspecified atom stereocenters. The van der Waals surface area contributed by atoms with Gasteiger partial charge < -0.3 is 5.73 Å². The van der Waals surface area contributed by atoms with Gasteiger partial charge in [-0.3, -0.25) is 0 Å². The standard InChI is InChI=1S/C15H18BrN3/c1-9(8-17)14-10(2)18-15(19-11(14)3)12-5-4-6-13(16)7-12/h4-7,9H,8,17H2,1-3H3. The fourth-order valence-electron chi connectivity index (χ4n) is 2.31. The van der Waals surface area contributed by atoms with Gasteiger partial charge >= 0.3 is 0 Å². The van der Waals surface area contributed by atoms with E-state index in [1.165, 1.54) is 5.56 Å². The number of aryl methyl sites for hydroxylation is 2. The number of benzene rings is 1. The van der Waals surface area contributed by atoms with Crippen molar-refractivity contribution in [2.45, 2.75) is 26.7 Å². The van der Waals surface area contributed by atoms with Crippen LogP contribution < -0.4 is 5.73 Å². The Labute approximate surface area is 122 Å². The Morgan fingerprint density at radius 3 is 2.37 bits per heavy atom. The Bertz CT molecular complexity index is 573. The third-order valence-corrected chi connectivity index (χ3v) is 3.75. The SMILES string of the molecule is Cc1nc(-c2cccc(Br)c2)nc(C)c1C(C)CN. The molecule has 1 heterocycles. The molecule has 0 aliphatic heterocycles. The van der Waals surface area contributed by atoms with E-state index in [0.29, 0.717) is 6.54 Å². The van der Waals surface area contributed by atoms with Crippen LogP contribution in [0.25, 0.3) is 11.4 Å². The molecule has 0 radical (unpaired) electrons. The maximum Gasteiger partial charge on any atom is 0.159 e. The predicted molar refractivity (Wildman–Crippen MR) is 82.1 cm³/mol. The topological polar surface area (TPSA) is 51.8 Å². The summed E-state index contributed by atoms with van der Waals surface area (Å²) in [5.41, 5.74) is 9.97. The third-order valence-electron chi connectivity index (χ3n) is 3.26. The number of hydrogen-bond acceptors (Lipinski definition) is 3. The van der Waals surface area contributed by atoms with E-state index >= 15 is 0 Å². The first-order valence-electron chi connectivity index (χ1n) is 6.34. The molecule has 100 valence electrons. The molecule has 0 bridgehead atoms. The van der Waals surface area contributed by atoms with Crippen molar-refractivity contribution in [1.82, 2.24) is 9.97 Å². The largest absolute Gasteiger partial charge is 0.330 e. The fourth-order valence-corrected chi connectivity index (χ4v) is 2.71. The summed E-state index contributed by atoms with van der Waals surface area (Å²) in [5.74, 6) is 1.06. The Balaban J connectivity index is 2.51. The first-order valence-corrected chi connectivity index (χ1v) is 7.13. The normalized spacial score (nSPS) is 12.5. The zero-order valence-electron chi connectivity index (χ0n) is 11.4. The fraction of sp³-hybridized carbons (Fsp3) is 0.333. The van der Waals surface area contributed by atoms with Gasteiger partial charge in [-0.05, 0) is 44.0 Å².